The first-order chi connectivity index (χ1) is 14.6. The predicted molar refractivity (Wildman–Crippen MR) is 124 cm³/mol. The van der Waals surface area contributed by atoms with E-state index in [-0.39, 0.29) is 12.5 Å². The summed E-state index contributed by atoms with van der Waals surface area (Å²) in [5.74, 6) is -0.220. The second-order valence-electron chi connectivity index (χ2n) is 7.15. The van der Waals surface area contributed by atoms with Gasteiger partial charge in [-0.15, -0.1) is 0 Å². The van der Waals surface area contributed by atoms with Gasteiger partial charge in [-0.2, -0.15) is 0 Å². The van der Waals surface area contributed by atoms with Crippen molar-refractivity contribution in [3.63, 3.8) is 0 Å². The Balaban J connectivity index is 1.52. The fraction of sp³-hybridized carbons (Fsp3) is 0.167. The van der Waals surface area contributed by atoms with Crippen LogP contribution < -0.4 is 5.32 Å². The van der Waals surface area contributed by atoms with Crippen molar-refractivity contribution in [1.82, 2.24) is 4.90 Å². The molecule has 152 valence electrons. The Morgan fingerprint density at radius 2 is 1.60 bits per heavy atom. The van der Waals surface area contributed by atoms with Crippen LogP contribution in [0.4, 0.5) is 10.5 Å². The van der Waals surface area contributed by atoms with Crippen LogP contribution in [-0.4, -0.2) is 22.9 Å². The molecular weight excluding hydrogens is 491 g/mol. The molecule has 1 atom stereocenters. The lowest BCUT2D eigenvalue weighted by Crippen LogP contribution is -2.50. The fourth-order valence-electron chi connectivity index (χ4n) is 3.51. The van der Waals surface area contributed by atoms with Gasteiger partial charge in [-0.1, -0.05) is 54.6 Å². The maximum absolute atomic E-state index is 13.1. The molecule has 0 fully saturated rings. The number of hydrogen-bond donors (Lipinski definition) is 1. The Labute approximate surface area is 189 Å². The summed E-state index contributed by atoms with van der Waals surface area (Å²) in [7, 11) is 0. The van der Waals surface area contributed by atoms with E-state index in [1.54, 1.807) is 0 Å². The van der Waals surface area contributed by atoms with Gasteiger partial charge in [0.15, 0.2) is 0 Å². The van der Waals surface area contributed by atoms with E-state index in [0.29, 0.717) is 18.7 Å². The summed E-state index contributed by atoms with van der Waals surface area (Å²) in [5.41, 5.74) is 3.72. The number of anilines is 1. The minimum absolute atomic E-state index is 0.170. The zero-order valence-electron chi connectivity index (χ0n) is 16.3. The number of rotatable bonds is 4. The maximum Gasteiger partial charge on any atom is 0.411 e. The lowest BCUT2D eigenvalue weighted by atomic mass is 9.94. The van der Waals surface area contributed by atoms with E-state index in [0.717, 1.165) is 20.3 Å². The van der Waals surface area contributed by atoms with Crippen LogP contribution in [0.2, 0.25) is 0 Å². The minimum Gasteiger partial charge on any atom is -0.445 e. The molecule has 5 nitrogen and oxygen atoms in total. The zero-order valence-corrected chi connectivity index (χ0v) is 18.4. The fourth-order valence-corrected chi connectivity index (χ4v) is 3.87. The van der Waals surface area contributed by atoms with Crippen LogP contribution >= 0.6 is 22.6 Å². The van der Waals surface area contributed by atoms with Gasteiger partial charge in [-0.25, -0.2) is 4.79 Å². The third-order valence-corrected chi connectivity index (χ3v) is 5.82. The van der Waals surface area contributed by atoms with Crippen molar-refractivity contribution in [1.29, 1.82) is 0 Å². The molecule has 0 unspecified atom stereocenters. The summed E-state index contributed by atoms with van der Waals surface area (Å²) in [6.45, 7) is 0.512. The van der Waals surface area contributed by atoms with E-state index in [9.17, 15) is 9.59 Å². The Bertz CT molecular complexity index is 1040. The Hall–Kier alpha value is -2.87. The first-order valence-corrected chi connectivity index (χ1v) is 10.8. The molecule has 1 N–H and O–H groups in total. The average Bonchev–Trinajstić information content (AvgIpc) is 2.78. The number of amides is 2. The third-order valence-electron chi connectivity index (χ3n) is 5.10. The largest absolute Gasteiger partial charge is 0.445 e. The van der Waals surface area contributed by atoms with Gasteiger partial charge in [0, 0.05) is 15.7 Å². The van der Waals surface area contributed by atoms with Crippen LogP contribution in [0.25, 0.3) is 0 Å². The molecule has 6 heteroatoms. The van der Waals surface area contributed by atoms with Gasteiger partial charge >= 0.3 is 6.09 Å². The van der Waals surface area contributed by atoms with Crippen LogP contribution in [0.15, 0.2) is 78.9 Å². The number of fused-ring (bicyclic) bond motifs is 1. The topological polar surface area (TPSA) is 58.6 Å². The molecular formula is C24H21IN2O3. The van der Waals surface area contributed by atoms with E-state index in [4.69, 9.17) is 4.74 Å². The van der Waals surface area contributed by atoms with Crippen molar-refractivity contribution in [3.8, 4) is 0 Å². The van der Waals surface area contributed by atoms with Crippen LogP contribution in [0.3, 0.4) is 0 Å². The van der Waals surface area contributed by atoms with Crippen molar-refractivity contribution in [2.45, 2.75) is 25.6 Å². The minimum atomic E-state index is -0.637. The van der Waals surface area contributed by atoms with E-state index in [2.05, 4.69) is 27.9 Å². The number of carbonyl (C=O) groups is 2. The normalized spacial score (nSPS) is 15.2. The van der Waals surface area contributed by atoms with Gasteiger partial charge in [0.1, 0.15) is 12.6 Å². The first-order valence-electron chi connectivity index (χ1n) is 9.71. The first kappa shape index (κ1) is 20.4. The van der Waals surface area contributed by atoms with Gasteiger partial charge < -0.3 is 10.1 Å². The highest BCUT2D eigenvalue weighted by Gasteiger charge is 2.35. The Kier molecular flexibility index (Phi) is 6.32. The van der Waals surface area contributed by atoms with Crippen molar-refractivity contribution < 1.29 is 14.3 Å². The second kappa shape index (κ2) is 9.30. The summed E-state index contributed by atoms with van der Waals surface area (Å²) < 4.78 is 6.62. The van der Waals surface area contributed by atoms with Gasteiger partial charge in [0.25, 0.3) is 0 Å². The van der Waals surface area contributed by atoms with E-state index in [1.807, 2.05) is 78.9 Å². The van der Waals surface area contributed by atoms with E-state index >= 15 is 0 Å². The lowest BCUT2D eigenvalue weighted by molar-refractivity contribution is -0.121. The number of benzene rings is 3. The number of hydrogen-bond acceptors (Lipinski definition) is 3. The molecule has 3 aromatic rings. The van der Waals surface area contributed by atoms with Gasteiger partial charge in [0.2, 0.25) is 5.91 Å². The highest BCUT2D eigenvalue weighted by molar-refractivity contribution is 14.1. The van der Waals surface area contributed by atoms with Crippen molar-refractivity contribution in [2.24, 2.45) is 0 Å². The molecule has 1 heterocycles. The molecule has 0 saturated heterocycles. The number of nitrogens with one attached hydrogen (secondary N) is 1. The van der Waals surface area contributed by atoms with Crippen molar-refractivity contribution >= 4 is 40.3 Å². The number of ether oxygens (including phenoxy) is 1. The van der Waals surface area contributed by atoms with Crippen molar-refractivity contribution in [3.05, 3.63) is 99.1 Å². The quantitative estimate of drug-likeness (QED) is 0.501. The molecule has 1 aliphatic rings. The second-order valence-corrected chi connectivity index (χ2v) is 8.40. The Morgan fingerprint density at radius 3 is 2.33 bits per heavy atom. The molecule has 2 amide bonds. The molecule has 0 bridgehead atoms. The van der Waals surface area contributed by atoms with Crippen LogP contribution in [0, 0.1) is 3.57 Å². The third kappa shape index (κ3) is 4.81. The molecule has 0 radical (unpaired) electrons. The number of carbonyl (C=O) groups excluding carboxylic acids is 2. The maximum atomic E-state index is 13.1. The molecule has 3 aromatic carbocycles. The van der Waals surface area contributed by atoms with Gasteiger partial charge in [-0.3, -0.25) is 9.69 Å². The van der Waals surface area contributed by atoms with Gasteiger partial charge in [0.05, 0.1) is 6.54 Å². The molecule has 1 aliphatic heterocycles. The molecule has 4 rings (SSSR count). The Morgan fingerprint density at radius 1 is 0.933 bits per heavy atom. The summed E-state index contributed by atoms with van der Waals surface area (Å²) in [6.07, 6.45) is -0.0385. The molecule has 0 spiro atoms. The summed E-state index contributed by atoms with van der Waals surface area (Å²) in [5, 5.41) is 2.94. The zero-order chi connectivity index (χ0) is 20.9. The predicted octanol–water partition coefficient (Wildman–Crippen LogP) is 4.99. The molecule has 0 saturated carbocycles. The number of nitrogens with zero attached hydrogens (tertiary/aromatic N) is 1. The summed E-state index contributed by atoms with van der Waals surface area (Å²) >= 11 is 2.22. The van der Waals surface area contributed by atoms with Gasteiger partial charge in [-0.05, 0) is 63.5 Å². The molecule has 0 aliphatic carbocycles. The average molecular weight is 512 g/mol. The molecule has 30 heavy (non-hydrogen) atoms. The number of halogens is 1. The summed E-state index contributed by atoms with van der Waals surface area (Å²) in [6, 6.07) is 24.3. The van der Waals surface area contributed by atoms with Crippen LogP contribution in [0.1, 0.15) is 16.7 Å². The lowest BCUT2D eigenvalue weighted by Gasteiger charge is -2.35. The highest BCUT2D eigenvalue weighted by Crippen LogP contribution is 2.25. The van der Waals surface area contributed by atoms with Crippen LogP contribution in [-0.2, 0) is 29.1 Å². The van der Waals surface area contributed by atoms with E-state index in [1.165, 1.54) is 4.90 Å². The SMILES string of the molecule is O=C(Nc1ccc(I)cc1)[C@@H]1Cc2ccccc2CN1C(=O)OCc1ccccc1. The monoisotopic (exact) mass is 512 g/mol. The highest BCUT2D eigenvalue weighted by atomic mass is 127. The van der Waals surface area contributed by atoms with Crippen molar-refractivity contribution in [2.75, 3.05) is 5.32 Å². The van der Waals surface area contributed by atoms with E-state index < -0.39 is 12.1 Å². The smallest absolute Gasteiger partial charge is 0.411 e. The standard InChI is InChI=1S/C24H21IN2O3/c25-20-10-12-21(13-11-20)26-23(28)22-14-18-8-4-5-9-19(18)15-27(22)24(29)30-16-17-6-2-1-3-7-17/h1-13,22H,14-16H2,(H,26,28)/t22-/m0/s1. The van der Waals surface area contributed by atoms with Crippen LogP contribution in [0.5, 0.6) is 0 Å². The molecule has 0 aromatic heterocycles. The summed E-state index contributed by atoms with van der Waals surface area (Å²) in [4.78, 5) is 27.5.